The van der Waals surface area contributed by atoms with Gasteiger partial charge in [0, 0.05) is 13.1 Å². The fourth-order valence-electron chi connectivity index (χ4n) is 2.51. The maximum atomic E-state index is 12.6. The number of aliphatic hydroxyl groups excluding tert-OH is 1. The van der Waals surface area contributed by atoms with E-state index in [4.69, 9.17) is 5.73 Å². The molecular formula is C13H20N2O3S. The van der Waals surface area contributed by atoms with E-state index < -0.39 is 10.0 Å². The summed E-state index contributed by atoms with van der Waals surface area (Å²) in [4.78, 5) is 0.253. The van der Waals surface area contributed by atoms with Crippen LogP contribution in [-0.2, 0) is 16.6 Å². The second-order valence-corrected chi connectivity index (χ2v) is 6.87. The van der Waals surface area contributed by atoms with Crippen LogP contribution >= 0.6 is 0 Å². The predicted octanol–water partition coefficient (Wildman–Crippen LogP) is 0.537. The number of nitrogens with zero attached hydrogens (tertiary/aromatic N) is 1. The van der Waals surface area contributed by atoms with Crippen molar-refractivity contribution >= 4 is 10.0 Å². The molecule has 0 aromatic heterocycles. The van der Waals surface area contributed by atoms with Gasteiger partial charge in [-0.1, -0.05) is 19.1 Å². The van der Waals surface area contributed by atoms with Crippen molar-refractivity contribution in [3.05, 3.63) is 29.8 Å². The van der Waals surface area contributed by atoms with Gasteiger partial charge in [0.15, 0.2) is 0 Å². The van der Waals surface area contributed by atoms with Gasteiger partial charge in [0.05, 0.1) is 17.5 Å². The molecule has 3 N–H and O–H groups in total. The highest BCUT2D eigenvalue weighted by atomic mass is 32.2. The summed E-state index contributed by atoms with van der Waals surface area (Å²) in [6, 6.07) is 6.35. The van der Waals surface area contributed by atoms with Gasteiger partial charge in [-0.05, 0) is 30.0 Å². The highest BCUT2D eigenvalue weighted by Crippen LogP contribution is 2.29. The molecule has 1 aromatic carbocycles. The van der Waals surface area contributed by atoms with E-state index in [-0.39, 0.29) is 23.5 Å². The quantitative estimate of drug-likeness (QED) is 0.845. The average molecular weight is 284 g/mol. The Labute approximate surface area is 114 Å². The molecular weight excluding hydrogens is 264 g/mol. The van der Waals surface area contributed by atoms with Gasteiger partial charge >= 0.3 is 0 Å². The standard InChI is InChI=1S/C13H20N2O3S/c1-10-5-6-15(13(10)9-16)19(17,18)12-4-2-3-11(7-12)8-14/h2-4,7,10,13,16H,5-6,8-9,14H2,1H3. The van der Waals surface area contributed by atoms with E-state index in [1.54, 1.807) is 24.3 Å². The van der Waals surface area contributed by atoms with E-state index in [2.05, 4.69) is 0 Å². The van der Waals surface area contributed by atoms with E-state index in [0.717, 1.165) is 12.0 Å². The van der Waals surface area contributed by atoms with Crippen molar-refractivity contribution in [3.8, 4) is 0 Å². The first-order valence-electron chi connectivity index (χ1n) is 6.42. The van der Waals surface area contributed by atoms with Crippen LogP contribution in [0.1, 0.15) is 18.9 Å². The molecule has 1 saturated heterocycles. The number of benzene rings is 1. The van der Waals surface area contributed by atoms with Crippen LogP contribution in [0.3, 0.4) is 0 Å². The summed E-state index contributed by atoms with van der Waals surface area (Å²) in [5.41, 5.74) is 6.33. The lowest BCUT2D eigenvalue weighted by Crippen LogP contribution is -2.39. The molecule has 0 saturated carbocycles. The normalized spacial score (nSPS) is 24.8. The van der Waals surface area contributed by atoms with Gasteiger partial charge in [-0.15, -0.1) is 0 Å². The van der Waals surface area contributed by atoms with E-state index in [1.807, 2.05) is 6.92 Å². The molecule has 0 spiro atoms. The minimum absolute atomic E-state index is 0.142. The Kier molecular flexibility index (Phi) is 4.25. The molecule has 0 radical (unpaired) electrons. The Balaban J connectivity index is 2.36. The number of sulfonamides is 1. The summed E-state index contributed by atoms with van der Waals surface area (Å²) in [5, 5.41) is 9.39. The molecule has 2 unspecified atom stereocenters. The van der Waals surface area contributed by atoms with Crippen molar-refractivity contribution in [1.29, 1.82) is 0 Å². The number of nitrogens with two attached hydrogens (primary N) is 1. The van der Waals surface area contributed by atoms with Crippen LogP contribution in [0.4, 0.5) is 0 Å². The fraction of sp³-hybridized carbons (Fsp3) is 0.538. The van der Waals surface area contributed by atoms with E-state index in [0.29, 0.717) is 13.1 Å². The summed E-state index contributed by atoms with van der Waals surface area (Å²) >= 11 is 0. The Morgan fingerprint density at radius 2 is 2.21 bits per heavy atom. The van der Waals surface area contributed by atoms with Crippen molar-refractivity contribution in [2.24, 2.45) is 11.7 Å². The molecule has 1 aromatic rings. The Morgan fingerprint density at radius 3 is 2.84 bits per heavy atom. The molecule has 0 amide bonds. The van der Waals surface area contributed by atoms with Crippen LogP contribution in [0.25, 0.3) is 0 Å². The lowest BCUT2D eigenvalue weighted by atomic mass is 10.0. The van der Waals surface area contributed by atoms with Gasteiger partial charge in [-0.2, -0.15) is 4.31 Å². The van der Waals surface area contributed by atoms with E-state index >= 15 is 0 Å². The molecule has 1 aliphatic rings. The molecule has 1 aliphatic heterocycles. The third-order valence-electron chi connectivity index (χ3n) is 3.76. The summed E-state index contributed by atoms with van der Waals surface area (Å²) in [6.07, 6.45) is 0.779. The highest BCUT2D eigenvalue weighted by Gasteiger charge is 2.39. The molecule has 2 atom stereocenters. The summed E-state index contributed by atoms with van der Waals surface area (Å²) in [7, 11) is -3.55. The van der Waals surface area contributed by atoms with E-state index in [1.165, 1.54) is 4.31 Å². The Morgan fingerprint density at radius 1 is 1.47 bits per heavy atom. The van der Waals surface area contributed by atoms with Gasteiger partial charge in [-0.25, -0.2) is 8.42 Å². The monoisotopic (exact) mass is 284 g/mol. The first kappa shape index (κ1) is 14.5. The second kappa shape index (κ2) is 5.58. The molecule has 5 nitrogen and oxygen atoms in total. The van der Waals surface area contributed by atoms with Crippen LogP contribution in [0.2, 0.25) is 0 Å². The van der Waals surface area contributed by atoms with Gasteiger partial charge in [-0.3, -0.25) is 0 Å². The zero-order chi connectivity index (χ0) is 14.0. The van der Waals surface area contributed by atoms with Crippen LogP contribution in [0.5, 0.6) is 0 Å². The van der Waals surface area contributed by atoms with Crippen molar-refractivity contribution in [1.82, 2.24) is 4.31 Å². The van der Waals surface area contributed by atoms with E-state index in [9.17, 15) is 13.5 Å². The van der Waals surface area contributed by atoms with Crippen molar-refractivity contribution in [2.75, 3.05) is 13.2 Å². The minimum atomic E-state index is -3.55. The third kappa shape index (κ3) is 2.67. The SMILES string of the molecule is CC1CCN(S(=O)(=O)c2cccc(CN)c2)C1CO. The average Bonchev–Trinajstić information content (AvgIpc) is 2.80. The zero-order valence-corrected chi connectivity index (χ0v) is 11.8. The first-order valence-corrected chi connectivity index (χ1v) is 7.86. The summed E-state index contributed by atoms with van der Waals surface area (Å²) in [5.74, 6) is 0.178. The molecule has 6 heteroatoms. The minimum Gasteiger partial charge on any atom is -0.395 e. The molecule has 19 heavy (non-hydrogen) atoms. The highest BCUT2D eigenvalue weighted by molar-refractivity contribution is 7.89. The summed E-state index contributed by atoms with van der Waals surface area (Å²) in [6.45, 7) is 2.59. The van der Waals surface area contributed by atoms with Crippen molar-refractivity contribution in [2.45, 2.75) is 30.8 Å². The fourth-order valence-corrected chi connectivity index (χ4v) is 4.31. The lowest BCUT2D eigenvalue weighted by molar-refractivity contribution is 0.191. The second-order valence-electron chi connectivity index (χ2n) is 4.98. The van der Waals surface area contributed by atoms with Crippen molar-refractivity contribution in [3.63, 3.8) is 0 Å². The maximum Gasteiger partial charge on any atom is 0.243 e. The number of rotatable bonds is 4. The van der Waals surface area contributed by atoms with Crippen LogP contribution < -0.4 is 5.73 Å². The molecule has 106 valence electrons. The van der Waals surface area contributed by atoms with Gasteiger partial charge in [0.2, 0.25) is 10.0 Å². The smallest absolute Gasteiger partial charge is 0.243 e. The lowest BCUT2D eigenvalue weighted by Gasteiger charge is -2.24. The van der Waals surface area contributed by atoms with Gasteiger partial charge < -0.3 is 10.8 Å². The van der Waals surface area contributed by atoms with Crippen LogP contribution in [0.15, 0.2) is 29.2 Å². The topological polar surface area (TPSA) is 83.6 Å². The first-order chi connectivity index (χ1) is 9.00. The Bertz CT molecular complexity index is 545. The number of aliphatic hydroxyl groups is 1. The van der Waals surface area contributed by atoms with Crippen molar-refractivity contribution < 1.29 is 13.5 Å². The Hall–Kier alpha value is -0.950. The van der Waals surface area contributed by atoms with Crippen LogP contribution in [0, 0.1) is 5.92 Å². The third-order valence-corrected chi connectivity index (χ3v) is 5.68. The molecule has 1 fully saturated rings. The van der Waals surface area contributed by atoms with Crippen LogP contribution in [-0.4, -0.2) is 37.0 Å². The number of hydrogen-bond donors (Lipinski definition) is 2. The largest absolute Gasteiger partial charge is 0.395 e. The summed E-state index contributed by atoms with van der Waals surface area (Å²) < 4.78 is 26.6. The number of hydrogen-bond acceptors (Lipinski definition) is 4. The maximum absolute atomic E-state index is 12.6. The predicted molar refractivity (Wildman–Crippen MR) is 72.9 cm³/mol. The molecule has 0 bridgehead atoms. The zero-order valence-electron chi connectivity index (χ0n) is 11.0. The molecule has 2 rings (SSSR count). The van der Waals surface area contributed by atoms with Gasteiger partial charge in [0.25, 0.3) is 0 Å². The molecule has 1 heterocycles. The molecule has 0 aliphatic carbocycles. The van der Waals surface area contributed by atoms with Gasteiger partial charge in [0.1, 0.15) is 0 Å².